The Morgan fingerprint density at radius 2 is 0.861 bits per heavy atom. The molecule has 0 bridgehead atoms. The van der Waals surface area contributed by atoms with Crippen LogP contribution in [0.5, 0.6) is 0 Å². The molecule has 15 nitrogen and oxygen atoms in total. The summed E-state index contributed by atoms with van der Waals surface area (Å²) < 4.78 is 33.5. The first-order chi connectivity index (χ1) is 35.0. The van der Waals surface area contributed by atoms with Crippen LogP contribution in [0.2, 0.25) is 0 Å². The van der Waals surface area contributed by atoms with Gasteiger partial charge in [0.25, 0.3) is 0 Å². The number of esters is 2. The Labute approximate surface area is 431 Å². The molecule has 0 aromatic heterocycles. The highest BCUT2D eigenvalue weighted by molar-refractivity contribution is 5.70. The van der Waals surface area contributed by atoms with Crippen LogP contribution in [0.1, 0.15) is 168 Å². The minimum absolute atomic E-state index is 0.0881. The minimum Gasteiger partial charge on any atom is -0.462 e. The van der Waals surface area contributed by atoms with Crippen molar-refractivity contribution in [2.75, 3.05) is 26.4 Å². The van der Waals surface area contributed by atoms with Gasteiger partial charge >= 0.3 is 11.9 Å². The molecule has 2 rings (SSSR count). The number of carbonyl (C=O) groups is 2. The Bertz CT molecular complexity index is 1570. The molecule has 412 valence electrons. The molecule has 2 aliphatic rings. The highest BCUT2D eigenvalue weighted by Gasteiger charge is 2.47. The molecule has 2 heterocycles. The summed E-state index contributed by atoms with van der Waals surface area (Å²) in [5, 5.41) is 72.2. The fraction of sp³-hybridized carbons (Fsp3) is 0.719. The fourth-order valence-corrected chi connectivity index (χ4v) is 7.88. The summed E-state index contributed by atoms with van der Waals surface area (Å²) in [4.78, 5) is 25.8. The van der Waals surface area contributed by atoms with E-state index in [1.807, 2.05) is 12.2 Å². The zero-order chi connectivity index (χ0) is 52.4. The van der Waals surface area contributed by atoms with Gasteiger partial charge in [-0.1, -0.05) is 157 Å². The third-order valence-corrected chi connectivity index (χ3v) is 12.4. The maximum Gasteiger partial charge on any atom is 0.306 e. The van der Waals surface area contributed by atoms with Crippen molar-refractivity contribution in [2.45, 2.75) is 235 Å². The molecule has 0 aromatic carbocycles. The van der Waals surface area contributed by atoms with Gasteiger partial charge in [-0.3, -0.25) is 9.59 Å². The lowest BCUT2D eigenvalue weighted by molar-refractivity contribution is -0.332. The molecule has 0 radical (unpaired) electrons. The summed E-state index contributed by atoms with van der Waals surface area (Å²) in [6.07, 6.45) is 36.1. The molecule has 2 aliphatic heterocycles. The van der Waals surface area contributed by atoms with Crippen LogP contribution in [0.15, 0.2) is 85.1 Å². The van der Waals surface area contributed by atoms with Crippen LogP contribution in [-0.2, 0) is 38.0 Å². The van der Waals surface area contributed by atoms with Crippen LogP contribution in [0.4, 0.5) is 0 Å². The third-order valence-electron chi connectivity index (χ3n) is 12.4. The van der Waals surface area contributed by atoms with E-state index < -0.39 is 99.3 Å². The number of carbonyl (C=O) groups excluding carboxylic acids is 2. The smallest absolute Gasteiger partial charge is 0.306 e. The van der Waals surface area contributed by atoms with Crippen LogP contribution < -0.4 is 0 Å². The second-order valence-electron chi connectivity index (χ2n) is 18.7. The van der Waals surface area contributed by atoms with Gasteiger partial charge in [-0.05, 0) is 83.5 Å². The first kappa shape index (κ1) is 64.8. The number of unbranched alkanes of at least 4 members (excludes halogenated alkanes) is 13. The van der Waals surface area contributed by atoms with Gasteiger partial charge in [-0.25, -0.2) is 0 Å². The lowest BCUT2D eigenvalue weighted by atomic mass is 9.98. The zero-order valence-corrected chi connectivity index (χ0v) is 43.6. The predicted molar refractivity (Wildman–Crippen MR) is 279 cm³/mol. The van der Waals surface area contributed by atoms with E-state index in [4.69, 9.17) is 28.4 Å². The van der Waals surface area contributed by atoms with Crippen LogP contribution in [0, 0.1) is 0 Å². The molecule has 0 spiro atoms. The van der Waals surface area contributed by atoms with Crippen molar-refractivity contribution in [1.82, 2.24) is 0 Å². The largest absolute Gasteiger partial charge is 0.462 e. The summed E-state index contributed by atoms with van der Waals surface area (Å²) in [7, 11) is 0. The lowest BCUT2D eigenvalue weighted by Crippen LogP contribution is -2.61. The normalized spacial score (nSPS) is 25.7. The third kappa shape index (κ3) is 30.1. The highest BCUT2D eigenvalue weighted by atomic mass is 16.7. The summed E-state index contributed by atoms with van der Waals surface area (Å²) in [6, 6.07) is 0. The SMILES string of the molecule is CCCCC/C=C/C/C=C/C/C=C/C/C=C/C/C=C/CCC(=O)OC[C@@H](CO[C@@H]1O[C@H](CO[C@@H]2O[C@H](CO)[C@H](O)C(O)C2O)[C@H](O)C(O)C1O)OC(=O)CCCCCCCCC/C=C/C/C=C/CCCCC. The fourth-order valence-electron chi connectivity index (χ4n) is 7.88. The van der Waals surface area contributed by atoms with Crippen molar-refractivity contribution in [3.63, 3.8) is 0 Å². The van der Waals surface area contributed by atoms with Crippen molar-refractivity contribution in [3.05, 3.63) is 85.1 Å². The van der Waals surface area contributed by atoms with Gasteiger partial charge in [0.1, 0.15) is 55.4 Å². The molecule has 72 heavy (non-hydrogen) atoms. The van der Waals surface area contributed by atoms with Crippen molar-refractivity contribution in [1.29, 1.82) is 0 Å². The number of hydrogen-bond acceptors (Lipinski definition) is 15. The first-order valence-electron chi connectivity index (χ1n) is 27.2. The first-order valence-corrected chi connectivity index (χ1v) is 27.2. The molecule has 2 saturated heterocycles. The van der Waals surface area contributed by atoms with E-state index in [1.165, 1.54) is 38.5 Å². The van der Waals surface area contributed by atoms with E-state index in [-0.39, 0.29) is 19.4 Å². The van der Waals surface area contributed by atoms with Crippen molar-refractivity contribution >= 4 is 11.9 Å². The van der Waals surface area contributed by atoms with E-state index >= 15 is 0 Å². The standard InChI is InChI=1S/C57H94O15/c1-3-5-7-9-11-13-15-17-19-21-22-24-25-27-29-31-33-35-37-39-48(59)67-42-45(70-49(60)40-38-36-34-32-30-28-26-23-20-18-16-14-12-10-8-6-4-2)43-68-56-55(66)53(64)51(62)47(72-56)44-69-57-54(65)52(63)50(61)46(41-58)71-57/h11-14,17-20,22,24,27,29,33,35,45-47,50-58,61-66H,3-10,15-16,21,23,25-26,28,30-32,34,36-44H2,1-2H3/b13-11+,14-12+,19-17+,20-18+,24-22+,29-27+,35-33+/t45-,46+,47+,50-,51-,52?,53?,54?,55?,56+,57+/m0/s1. The average molecular weight is 1020 g/mol. The van der Waals surface area contributed by atoms with Gasteiger partial charge in [-0.15, -0.1) is 0 Å². The molecular formula is C57H94O15. The maximum atomic E-state index is 13.0. The molecule has 0 amide bonds. The molecule has 15 heteroatoms. The van der Waals surface area contributed by atoms with E-state index in [0.29, 0.717) is 12.8 Å². The van der Waals surface area contributed by atoms with E-state index in [0.717, 1.165) is 89.9 Å². The number of hydrogen-bond donors (Lipinski definition) is 7. The van der Waals surface area contributed by atoms with Crippen LogP contribution in [0.25, 0.3) is 0 Å². The Kier molecular flexibility index (Phi) is 38.7. The van der Waals surface area contributed by atoms with Gasteiger partial charge in [0.2, 0.25) is 0 Å². The second-order valence-corrected chi connectivity index (χ2v) is 18.7. The maximum absolute atomic E-state index is 13.0. The Morgan fingerprint density at radius 1 is 0.444 bits per heavy atom. The molecule has 11 atom stereocenters. The summed E-state index contributed by atoms with van der Waals surface area (Å²) in [5.41, 5.74) is 0. The Morgan fingerprint density at radius 3 is 1.36 bits per heavy atom. The number of ether oxygens (including phenoxy) is 6. The Balaban J connectivity index is 1.83. The second kappa shape index (κ2) is 43.0. The average Bonchev–Trinajstić information content (AvgIpc) is 3.37. The monoisotopic (exact) mass is 1020 g/mol. The number of allylic oxidation sites excluding steroid dienone is 14. The van der Waals surface area contributed by atoms with Gasteiger partial charge in [-0.2, -0.15) is 0 Å². The van der Waals surface area contributed by atoms with Crippen molar-refractivity contribution < 1.29 is 73.8 Å². The number of aliphatic hydroxyl groups is 7. The van der Waals surface area contributed by atoms with Crippen LogP contribution in [0.3, 0.4) is 0 Å². The lowest BCUT2D eigenvalue weighted by Gasteiger charge is -2.42. The van der Waals surface area contributed by atoms with E-state index in [9.17, 15) is 45.3 Å². The minimum atomic E-state index is -1.78. The molecule has 2 fully saturated rings. The van der Waals surface area contributed by atoms with Crippen LogP contribution in [-0.4, -0.2) is 142 Å². The quantitative estimate of drug-likeness (QED) is 0.0173. The van der Waals surface area contributed by atoms with Gasteiger partial charge < -0.3 is 64.2 Å². The molecular weight excluding hydrogens is 925 g/mol. The number of aliphatic hydroxyl groups excluding tert-OH is 7. The summed E-state index contributed by atoms with van der Waals surface area (Å²) >= 11 is 0. The topological polar surface area (TPSA) is 231 Å². The molecule has 7 N–H and O–H groups in total. The van der Waals surface area contributed by atoms with Crippen molar-refractivity contribution in [3.8, 4) is 0 Å². The van der Waals surface area contributed by atoms with Crippen LogP contribution >= 0.6 is 0 Å². The van der Waals surface area contributed by atoms with Gasteiger partial charge in [0.05, 0.1) is 19.8 Å². The molecule has 0 saturated carbocycles. The molecule has 0 aromatic rings. The molecule has 0 aliphatic carbocycles. The van der Waals surface area contributed by atoms with E-state index in [1.54, 1.807) is 0 Å². The zero-order valence-electron chi connectivity index (χ0n) is 43.6. The summed E-state index contributed by atoms with van der Waals surface area (Å²) in [6.45, 7) is 2.44. The van der Waals surface area contributed by atoms with Gasteiger partial charge in [0, 0.05) is 12.8 Å². The Hall–Kier alpha value is -3.32. The predicted octanol–water partition coefficient (Wildman–Crippen LogP) is 8.38. The summed E-state index contributed by atoms with van der Waals surface area (Å²) in [5.74, 6) is -1.04. The molecule has 4 unspecified atom stereocenters. The van der Waals surface area contributed by atoms with E-state index in [2.05, 4.69) is 86.8 Å². The van der Waals surface area contributed by atoms with Crippen molar-refractivity contribution in [2.24, 2.45) is 0 Å². The van der Waals surface area contributed by atoms with Gasteiger partial charge in [0.15, 0.2) is 18.7 Å². The highest BCUT2D eigenvalue weighted by Crippen LogP contribution is 2.26. The number of rotatable bonds is 41.